The zero-order valence-corrected chi connectivity index (χ0v) is 15.2. The molecular formula is C20H28N2O3. The molecule has 0 aromatic heterocycles. The molecule has 2 heterocycles. The van der Waals surface area contributed by atoms with Crippen molar-refractivity contribution in [3.05, 3.63) is 41.7 Å². The van der Waals surface area contributed by atoms with Crippen LogP contribution >= 0.6 is 0 Å². The number of nitrogens with zero attached hydrogens (tertiary/aromatic N) is 1. The first-order valence-corrected chi connectivity index (χ1v) is 9.12. The Labute approximate surface area is 150 Å². The highest BCUT2D eigenvalue weighted by Crippen LogP contribution is 2.35. The summed E-state index contributed by atoms with van der Waals surface area (Å²) in [4.78, 5) is 14.8. The quantitative estimate of drug-likeness (QED) is 0.892. The summed E-state index contributed by atoms with van der Waals surface area (Å²) in [5, 5.41) is 3.13. The molecule has 1 aromatic rings. The number of likely N-dealkylation sites (tertiary alicyclic amines) is 1. The Balaban J connectivity index is 1.66. The number of piperidine rings is 1. The molecule has 5 heteroatoms. The largest absolute Gasteiger partial charge is 0.501 e. The molecule has 2 atom stereocenters. The van der Waals surface area contributed by atoms with Crippen LogP contribution in [0.25, 0.3) is 0 Å². The highest BCUT2D eigenvalue weighted by atomic mass is 16.5. The second-order valence-corrected chi connectivity index (χ2v) is 6.93. The monoisotopic (exact) mass is 344 g/mol. The summed E-state index contributed by atoms with van der Waals surface area (Å²) in [5.41, 5.74) is 2.04. The molecule has 25 heavy (non-hydrogen) atoms. The molecule has 2 aliphatic rings. The molecule has 3 rings (SSSR count). The Kier molecular flexibility index (Phi) is 5.97. The van der Waals surface area contributed by atoms with E-state index in [9.17, 15) is 4.79 Å². The van der Waals surface area contributed by atoms with E-state index >= 15 is 0 Å². The maximum Gasteiger partial charge on any atom is 0.250 e. The number of ether oxygens (including phenoxy) is 2. The zero-order valence-electron chi connectivity index (χ0n) is 15.2. The fourth-order valence-electron chi connectivity index (χ4n) is 3.87. The van der Waals surface area contributed by atoms with E-state index < -0.39 is 0 Å². The van der Waals surface area contributed by atoms with Gasteiger partial charge in [-0.25, -0.2) is 0 Å². The van der Waals surface area contributed by atoms with E-state index in [4.69, 9.17) is 9.47 Å². The van der Waals surface area contributed by atoms with E-state index in [0.717, 1.165) is 43.6 Å². The summed E-state index contributed by atoms with van der Waals surface area (Å²) >= 11 is 0. The van der Waals surface area contributed by atoms with Crippen molar-refractivity contribution < 1.29 is 14.3 Å². The minimum absolute atomic E-state index is 0.0152. The fourth-order valence-corrected chi connectivity index (χ4v) is 3.87. The maximum atomic E-state index is 12.4. The number of carbonyl (C=O) groups is 1. The number of carbonyl (C=O) groups excluding carboxylic acids is 1. The van der Waals surface area contributed by atoms with E-state index in [1.807, 2.05) is 12.1 Å². The summed E-state index contributed by atoms with van der Waals surface area (Å²) in [7, 11) is 3.85. The van der Waals surface area contributed by atoms with Crippen molar-refractivity contribution in [1.82, 2.24) is 10.2 Å². The lowest BCUT2D eigenvalue weighted by atomic mass is 9.84. The second kappa shape index (κ2) is 8.39. The van der Waals surface area contributed by atoms with Crippen molar-refractivity contribution in [1.29, 1.82) is 0 Å². The van der Waals surface area contributed by atoms with Gasteiger partial charge in [0.1, 0.15) is 5.75 Å². The lowest BCUT2D eigenvalue weighted by molar-refractivity contribution is -0.118. The van der Waals surface area contributed by atoms with Gasteiger partial charge in [-0.15, -0.1) is 0 Å². The van der Waals surface area contributed by atoms with Crippen LogP contribution in [0.3, 0.4) is 0 Å². The third kappa shape index (κ3) is 4.34. The molecule has 2 unspecified atom stereocenters. The second-order valence-electron chi connectivity index (χ2n) is 6.93. The van der Waals surface area contributed by atoms with Crippen molar-refractivity contribution in [2.24, 2.45) is 5.92 Å². The third-order valence-electron chi connectivity index (χ3n) is 5.21. The number of methoxy groups -OCH3 is 1. The van der Waals surface area contributed by atoms with Crippen molar-refractivity contribution in [2.45, 2.75) is 31.7 Å². The smallest absolute Gasteiger partial charge is 0.250 e. The number of hydrogen-bond acceptors (Lipinski definition) is 4. The molecule has 1 aromatic carbocycles. The van der Waals surface area contributed by atoms with Gasteiger partial charge in [0.05, 0.1) is 25.6 Å². The van der Waals surface area contributed by atoms with E-state index in [1.165, 1.54) is 5.56 Å². The summed E-state index contributed by atoms with van der Waals surface area (Å²) in [5.74, 6) is 1.29. The van der Waals surface area contributed by atoms with Crippen LogP contribution in [-0.2, 0) is 9.53 Å². The molecule has 1 fully saturated rings. The van der Waals surface area contributed by atoms with Crippen LogP contribution in [-0.4, -0.2) is 44.7 Å². The van der Waals surface area contributed by atoms with Crippen molar-refractivity contribution in [3.8, 4) is 5.75 Å². The molecule has 136 valence electrons. The number of benzene rings is 1. The average Bonchev–Trinajstić information content (AvgIpc) is 2.67. The van der Waals surface area contributed by atoms with Gasteiger partial charge in [-0.3, -0.25) is 9.69 Å². The van der Waals surface area contributed by atoms with Gasteiger partial charge in [-0.05, 0) is 62.9 Å². The van der Waals surface area contributed by atoms with Crippen molar-refractivity contribution in [3.63, 3.8) is 0 Å². The van der Waals surface area contributed by atoms with Crippen LogP contribution in [0.15, 0.2) is 36.1 Å². The Hall–Kier alpha value is -2.01. The van der Waals surface area contributed by atoms with Gasteiger partial charge in [-0.1, -0.05) is 12.1 Å². The Bertz CT molecular complexity index is 612. The summed E-state index contributed by atoms with van der Waals surface area (Å²) in [6.45, 7) is 2.49. The number of amides is 1. The molecule has 0 bridgehead atoms. The molecule has 1 saturated heterocycles. The van der Waals surface area contributed by atoms with Crippen LogP contribution in [0.4, 0.5) is 0 Å². The predicted octanol–water partition coefficient (Wildman–Crippen LogP) is 2.89. The van der Waals surface area contributed by atoms with Crippen LogP contribution in [0.1, 0.15) is 37.3 Å². The molecule has 1 N–H and O–H groups in total. The molecule has 5 nitrogen and oxygen atoms in total. The topological polar surface area (TPSA) is 50.8 Å². The van der Waals surface area contributed by atoms with E-state index in [-0.39, 0.29) is 5.91 Å². The molecule has 0 aliphatic carbocycles. The molecule has 2 aliphatic heterocycles. The van der Waals surface area contributed by atoms with Gasteiger partial charge >= 0.3 is 0 Å². The highest BCUT2D eigenvalue weighted by Gasteiger charge is 2.31. The molecule has 0 spiro atoms. The molecular weight excluding hydrogens is 316 g/mol. The van der Waals surface area contributed by atoms with Gasteiger partial charge < -0.3 is 14.8 Å². The first-order valence-electron chi connectivity index (χ1n) is 9.12. The van der Waals surface area contributed by atoms with E-state index in [0.29, 0.717) is 25.1 Å². The summed E-state index contributed by atoms with van der Waals surface area (Å²) in [6.07, 6.45) is 5.62. The Morgan fingerprint density at radius 3 is 2.80 bits per heavy atom. The van der Waals surface area contributed by atoms with Gasteiger partial charge in [0.15, 0.2) is 0 Å². The number of hydrogen-bond donors (Lipinski definition) is 1. The van der Waals surface area contributed by atoms with Gasteiger partial charge in [0.25, 0.3) is 0 Å². The lowest BCUT2D eigenvalue weighted by Crippen LogP contribution is -2.42. The molecule has 1 amide bonds. The normalized spacial score (nSPS) is 24.2. The first kappa shape index (κ1) is 17.8. The van der Waals surface area contributed by atoms with Crippen LogP contribution in [0, 0.1) is 5.92 Å². The van der Waals surface area contributed by atoms with E-state index in [2.05, 4.69) is 29.4 Å². The predicted molar refractivity (Wildman–Crippen MR) is 97.4 cm³/mol. The highest BCUT2D eigenvalue weighted by molar-refractivity contribution is 5.93. The fraction of sp³-hybridized carbons (Fsp3) is 0.550. The number of rotatable bonds is 5. The summed E-state index contributed by atoms with van der Waals surface area (Å²) in [6, 6.07) is 8.61. The Morgan fingerprint density at radius 2 is 2.12 bits per heavy atom. The number of nitrogens with one attached hydrogen (secondary N) is 1. The standard InChI is InChI=1S/C20H28N2O3/c1-22-11-3-5-16(13-21-20(23)17-6-4-12-25-14-17)19(22)15-7-9-18(24-2)10-8-15/h7-10,14,16,19H,3-6,11-13H2,1-2H3,(H,21,23). The molecule has 0 saturated carbocycles. The van der Waals surface area contributed by atoms with Crippen LogP contribution < -0.4 is 10.1 Å². The SMILES string of the molecule is COc1ccc(C2C(CNC(=O)C3=COCCC3)CCCN2C)cc1. The first-order chi connectivity index (χ1) is 12.2. The van der Waals surface area contributed by atoms with Gasteiger partial charge in [0, 0.05) is 12.6 Å². The minimum Gasteiger partial charge on any atom is -0.501 e. The third-order valence-corrected chi connectivity index (χ3v) is 5.21. The lowest BCUT2D eigenvalue weighted by Gasteiger charge is -2.39. The zero-order chi connectivity index (χ0) is 17.6. The van der Waals surface area contributed by atoms with Crippen LogP contribution in [0.5, 0.6) is 5.75 Å². The maximum absolute atomic E-state index is 12.4. The van der Waals surface area contributed by atoms with E-state index in [1.54, 1.807) is 13.4 Å². The summed E-state index contributed by atoms with van der Waals surface area (Å²) < 4.78 is 10.5. The van der Waals surface area contributed by atoms with Crippen molar-refractivity contribution in [2.75, 3.05) is 33.9 Å². The average molecular weight is 344 g/mol. The van der Waals surface area contributed by atoms with Gasteiger partial charge in [0.2, 0.25) is 5.91 Å². The van der Waals surface area contributed by atoms with Crippen LogP contribution in [0.2, 0.25) is 0 Å². The molecule has 0 radical (unpaired) electrons. The minimum atomic E-state index is 0.0152. The van der Waals surface area contributed by atoms with Gasteiger partial charge in [-0.2, -0.15) is 0 Å². The van der Waals surface area contributed by atoms with Crippen molar-refractivity contribution >= 4 is 5.91 Å². The Morgan fingerprint density at radius 1 is 1.32 bits per heavy atom.